The van der Waals surface area contributed by atoms with E-state index in [1.165, 1.54) is 31.2 Å². The zero-order chi connectivity index (χ0) is 15.3. The molecule has 106 valence electrons. The molecule has 0 bridgehead atoms. The summed E-state index contributed by atoms with van der Waals surface area (Å²) in [5.74, 6) is 3.16. The molecule has 1 atom stereocenters. The third-order valence-corrected chi connectivity index (χ3v) is 2.85. The van der Waals surface area contributed by atoms with E-state index in [2.05, 4.69) is 12.0 Å². The summed E-state index contributed by atoms with van der Waals surface area (Å²) in [6.07, 6.45) is 2.44. The van der Waals surface area contributed by atoms with Crippen LogP contribution in [0.5, 0.6) is 5.75 Å². The van der Waals surface area contributed by atoms with Crippen molar-refractivity contribution in [1.29, 1.82) is 0 Å². The minimum atomic E-state index is -1.45. The Labute approximate surface area is 122 Å². The molecule has 0 radical (unpaired) electrons. The molecule has 0 saturated carbocycles. The lowest BCUT2D eigenvalue weighted by molar-refractivity contribution is -0.384. The van der Waals surface area contributed by atoms with E-state index in [0.717, 1.165) is 0 Å². The molecule has 2 rings (SSSR count). The molecule has 0 aliphatic carbocycles. The largest absolute Gasteiger partial charge is 0.407 e. The quantitative estimate of drug-likeness (QED) is 0.534. The maximum Gasteiger partial charge on any atom is 0.269 e. The first kappa shape index (κ1) is 14.6. The molecule has 2 aromatic rings. The molecule has 21 heavy (non-hydrogen) atoms. The number of hydrogen-bond donors (Lipinski definition) is 1. The maximum atomic E-state index is 10.6. The van der Waals surface area contributed by atoms with Crippen molar-refractivity contribution in [3.63, 3.8) is 0 Å². The molecule has 0 fully saturated rings. The molecular weight excluding hydrogens is 270 g/mol. The van der Waals surface area contributed by atoms with Gasteiger partial charge in [-0.25, -0.2) is 0 Å². The van der Waals surface area contributed by atoms with Crippen LogP contribution >= 0.6 is 0 Å². The van der Waals surface area contributed by atoms with Crippen molar-refractivity contribution in [2.24, 2.45) is 0 Å². The lowest BCUT2D eigenvalue weighted by atomic mass is 9.97. The number of ether oxygens (including phenoxy) is 1. The number of rotatable bonds is 3. The van der Waals surface area contributed by atoms with Gasteiger partial charge in [0.25, 0.3) is 5.69 Å². The van der Waals surface area contributed by atoms with Crippen molar-refractivity contribution in [3.05, 3.63) is 70.3 Å². The number of nitro groups is 1. The average molecular weight is 283 g/mol. The van der Waals surface area contributed by atoms with Gasteiger partial charge >= 0.3 is 0 Å². The molecule has 1 unspecified atom stereocenters. The fourth-order valence-corrected chi connectivity index (χ4v) is 1.65. The molecule has 0 spiro atoms. The van der Waals surface area contributed by atoms with E-state index >= 15 is 0 Å². The highest BCUT2D eigenvalue weighted by Gasteiger charge is 2.21. The van der Waals surface area contributed by atoms with Crippen LogP contribution in [0.2, 0.25) is 0 Å². The Bertz CT molecular complexity index is 682. The van der Waals surface area contributed by atoms with Crippen LogP contribution in [0.15, 0.2) is 54.6 Å². The van der Waals surface area contributed by atoms with E-state index in [-0.39, 0.29) is 5.69 Å². The van der Waals surface area contributed by atoms with Crippen molar-refractivity contribution >= 4 is 5.69 Å². The third-order valence-electron chi connectivity index (χ3n) is 2.85. The van der Waals surface area contributed by atoms with Crippen molar-refractivity contribution in [2.45, 2.75) is 12.5 Å². The van der Waals surface area contributed by atoms with Crippen LogP contribution in [0.4, 0.5) is 5.69 Å². The lowest BCUT2D eigenvalue weighted by Crippen LogP contribution is -2.18. The summed E-state index contributed by atoms with van der Waals surface area (Å²) in [5, 5.41) is 20.9. The van der Waals surface area contributed by atoms with Crippen LogP contribution in [0.3, 0.4) is 0 Å². The van der Waals surface area contributed by atoms with Crippen molar-refractivity contribution in [3.8, 4) is 17.8 Å². The standard InChI is InChI=1S/C16H13NO4/c1-16(18,11-12-21-15-5-3-2-4-6-15)13-7-9-14(10-8-13)17(19)20/h2-10,18H,1H3. The second-order valence-electron chi connectivity index (χ2n) is 4.52. The highest BCUT2D eigenvalue weighted by Crippen LogP contribution is 2.22. The van der Waals surface area contributed by atoms with E-state index in [1.807, 2.05) is 18.2 Å². The Morgan fingerprint density at radius 3 is 2.33 bits per heavy atom. The zero-order valence-corrected chi connectivity index (χ0v) is 11.3. The third kappa shape index (κ3) is 3.81. The minimum Gasteiger partial charge on any atom is -0.407 e. The Kier molecular flexibility index (Phi) is 4.21. The van der Waals surface area contributed by atoms with Gasteiger partial charge in [0.1, 0.15) is 11.9 Å². The topological polar surface area (TPSA) is 72.6 Å². The summed E-state index contributed by atoms with van der Waals surface area (Å²) in [5.41, 5.74) is -1.04. The van der Waals surface area contributed by atoms with Crippen LogP contribution in [-0.4, -0.2) is 10.0 Å². The van der Waals surface area contributed by atoms with Crippen molar-refractivity contribution in [1.82, 2.24) is 0 Å². The number of benzene rings is 2. The van der Waals surface area contributed by atoms with Gasteiger partial charge in [0.15, 0.2) is 5.60 Å². The van der Waals surface area contributed by atoms with Gasteiger partial charge in [-0.15, -0.1) is 0 Å². The summed E-state index contributed by atoms with van der Waals surface area (Å²) < 4.78 is 5.20. The van der Waals surface area contributed by atoms with E-state index in [9.17, 15) is 15.2 Å². The molecule has 0 saturated heterocycles. The predicted molar refractivity (Wildman–Crippen MR) is 77.5 cm³/mol. The summed E-state index contributed by atoms with van der Waals surface area (Å²) in [6, 6.07) is 14.5. The summed E-state index contributed by atoms with van der Waals surface area (Å²) in [7, 11) is 0. The van der Waals surface area contributed by atoms with Gasteiger partial charge in [0.05, 0.1) is 4.92 Å². The number of nitrogens with zero attached hydrogens (tertiary/aromatic N) is 1. The zero-order valence-electron chi connectivity index (χ0n) is 11.3. The highest BCUT2D eigenvalue weighted by atomic mass is 16.6. The first-order chi connectivity index (χ1) is 9.99. The molecule has 5 heteroatoms. The van der Waals surface area contributed by atoms with Crippen molar-refractivity contribution in [2.75, 3.05) is 0 Å². The van der Waals surface area contributed by atoms with Gasteiger partial charge in [-0.05, 0) is 42.7 Å². The van der Waals surface area contributed by atoms with E-state index in [0.29, 0.717) is 11.3 Å². The number of para-hydroxylation sites is 1. The Morgan fingerprint density at radius 1 is 1.14 bits per heavy atom. The van der Waals surface area contributed by atoms with Crippen LogP contribution in [0.1, 0.15) is 12.5 Å². The monoisotopic (exact) mass is 283 g/mol. The minimum absolute atomic E-state index is 0.0388. The van der Waals surface area contributed by atoms with Crippen LogP contribution in [0.25, 0.3) is 0 Å². The average Bonchev–Trinajstić information content (AvgIpc) is 2.48. The van der Waals surface area contributed by atoms with Gasteiger partial charge in [-0.2, -0.15) is 0 Å². The SMILES string of the molecule is CC(O)(C#COc1ccccc1)c1ccc([N+](=O)[O-])cc1. The second kappa shape index (κ2) is 6.07. The smallest absolute Gasteiger partial charge is 0.269 e. The Morgan fingerprint density at radius 2 is 1.76 bits per heavy atom. The highest BCUT2D eigenvalue weighted by molar-refractivity contribution is 5.38. The fourth-order valence-electron chi connectivity index (χ4n) is 1.65. The predicted octanol–water partition coefficient (Wildman–Crippen LogP) is 2.84. The molecule has 0 aliphatic heterocycles. The van der Waals surface area contributed by atoms with Crippen LogP contribution in [-0.2, 0) is 5.60 Å². The number of hydrogen-bond acceptors (Lipinski definition) is 4. The van der Waals surface area contributed by atoms with Crippen LogP contribution in [0, 0.1) is 22.1 Å². The maximum absolute atomic E-state index is 10.6. The van der Waals surface area contributed by atoms with E-state index < -0.39 is 10.5 Å². The van der Waals surface area contributed by atoms with Gasteiger partial charge < -0.3 is 9.84 Å². The molecule has 0 aromatic heterocycles. The molecule has 0 heterocycles. The molecule has 0 amide bonds. The van der Waals surface area contributed by atoms with Gasteiger partial charge in [-0.3, -0.25) is 10.1 Å². The summed E-state index contributed by atoms with van der Waals surface area (Å²) >= 11 is 0. The summed E-state index contributed by atoms with van der Waals surface area (Å²) in [6.45, 7) is 1.50. The van der Waals surface area contributed by atoms with E-state index in [1.54, 1.807) is 12.1 Å². The van der Waals surface area contributed by atoms with Gasteiger partial charge in [-0.1, -0.05) is 18.2 Å². The molecule has 0 aliphatic rings. The summed E-state index contributed by atoms with van der Waals surface area (Å²) in [4.78, 5) is 10.1. The molecule has 1 N–H and O–H groups in total. The van der Waals surface area contributed by atoms with Gasteiger partial charge in [0.2, 0.25) is 0 Å². The number of aliphatic hydroxyl groups is 1. The van der Waals surface area contributed by atoms with E-state index in [4.69, 9.17) is 4.74 Å². The number of nitro benzene ring substituents is 1. The van der Waals surface area contributed by atoms with Crippen LogP contribution < -0.4 is 4.74 Å². The normalized spacial score (nSPS) is 12.7. The molecular formula is C16H13NO4. The number of non-ortho nitro benzene ring substituents is 1. The van der Waals surface area contributed by atoms with Crippen molar-refractivity contribution < 1.29 is 14.8 Å². The van der Waals surface area contributed by atoms with Gasteiger partial charge in [0, 0.05) is 12.1 Å². The lowest BCUT2D eigenvalue weighted by Gasteiger charge is -2.15. The second-order valence-corrected chi connectivity index (χ2v) is 4.52. The molecule has 2 aromatic carbocycles. The first-order valence-corrected chi connectivity index (χ1v) is 6.20. The molecule has 5 nitrogen and oxygen atoms in total. The fraction of sp³-hybridized carbons (Fsp3) is 0.125. The first-order valence-electron chi connectivity index (χ1n) is 6.20. The Balaban J connectivity index is 2.13. The Hall–Kier alpha value is -2.84.